The average Bonchev–Trinajstić information content (AvgIpc) is 3.17. The van der Waals surface area contributed by atoms with Gasteiger partial charge >= 0.3 is 6.08 Å². The molecule has 0 bridgehead atoms. The van der Waals surface area contributed by atoms with Gasteiger partial charge in [0.15, 0.2) is 0 Å². The molecule has 0 aliphatic heterocycles. The lowest BCUT2D eigenvalue weighted by Gasteiger charge is -2.27. The van der Waals surface area contributed by atoms with Crippen LogP contribution in [-0.2, 0) is 6.54 Å². The summed E-state index contributed by atoms with van der Waals surface area (Å²) in [4.78, 5) is 4.40. The van der Waals surface area contributed by atoms with Crippen LogP contribution >= 0.6 is 0 Å². The Morgan fingerprint density at radius 1 is 1.37 bits per heavy atom. The van der Waals surface area contributed by atoms with Crippen molar-refractivity contribution in [2.45, 2.75) is 70.6 Å². The average molecular weight is 264 g/mol. The Kier molecular flexibility index (Phi) is 4.06. The Bertz CT molecular complexity index is 401. The third-order valence-electron chi connectivity index (χ3n) is 4.26. The highest BCUT2D eigenvalue weighted by molar-refractivity contribution is 5.01. The number of hydrogen-bond acceptors (Lipinski definition) is 4. The summed E-state index contributed by atoms with van der Waals surface area (Å²) in [6.45, 7) is 3.06. The molecule has 3 rings (SSSR count). The van der Waals surface area contributed by atoms with Gasteiger partial charge in [-0.15, -0.1) is 0 Å². The summed E-state index contributed by atoms with van der Waals surface area (Å²) in [6, 6.07) is 0.699. The second kappa shape index (κ2) is 5.95. The molecule has 0 aromatic carbocycles. The van der Waals surface area contributed by atoms with Crippen LogP contribution in [-0.4, -0.2) is 17.1 Å². The van der Waals surface area contributed by atoms with E-state index in [1.54, 1.807) is 6.26 Å². The van der Waals surface area contributed by atoms with Crippen molar-refractivity contribution in [2.24, 2.45) is 5.92 Å². The van der Waals surface area contributed by atoms with Crippen LogP contribution in [0, 0.1) is 5.92 Å². The van der Waals surface area contributed by atoms with Crippen LogP contribution in [0.2, 0.25) is 0 Å². The highest BCUT2D eigenvalue weighted by Crippen LogP contribution is 2.29. The first-order valence-corrected chi connectivity index (χ1v) is 7.68. The minimum atomic E-state index is 0.293. The molecule has 4 heteroatoms. The molecule has 1 heterocycles. The molecular formula is C15H24N2O2. The minimum absolute atomic E-state index is 0.293. The summed E-state index contributed by atoms with van der Waals surface area (Å²) in [6.07, 6.45) is 11.2. The van der Waals surface area contributed by atoms with Crippen molar-refractivity contribution in [2.75, 3.05) is 0 Å². The number of rotatable bonds is 6. The molecule has 2 aliphatic carbocycles. The monoisotopic (exact) mass is 264 g/mol. The van der Waals surface area contributed by atoms with Crippen LogP contribution in [0.1, 0.15) is 57.6 Å². The topological polar surface area (TPSA) is 47.3 Å². The van der Waals surface area contributed by atoms with E-state index < -0.39 is 0 Å². The zero-order valence-corrected chi connectivity index (χ0v) is 11.7. The van der Waals surface area contributed by atoms with Crippen LogP contribution in [0.25, 0.3) is 0 Å². The Morgan fingerprint density at radius 2 is 2.26 bits per heavy atom. The van der Waals surface area contributed by atoms with Crippen LogP contribution in [0.4, 0.5) is 0 Å². The molecular weight excluding hydrogens is 240 g/mol. The van der Waals surface area contributed by atoms with Crippen molar-refractivity contribution < 1.29 is 9.15 Å². The Balaban J connectivity index is 1.48. The van der Waals surface area contributed by atoms with E-state index in [2.05, 4.69) is 17.2 Å². The predicted molar refractivity (Wildman–Crippen MR) is 73.0 cm³/mol. The highest BCUT2D eigenvalue weighted by Gasteiger charge is 2.24. The van der Waals surface area contributed by atoms with E-state index in [1.165, 1.54) is 32.1 Å². The summed E-state index contributed by atoms with van der Waals surface area (Å²) in [5.74, 6) is 0.810. The van der Waals surface area contributed by atoms with Gasteiger partial charge in [0.1, 0.15) is 12.4 Å². The van der Waals surface area contributed by atoms with Gasteiger partial charge in [0.2, 0.25) is 0 Å². The Hall–Kier alpha value is -1.03. The van der Waals surface area contributed by atoms with Crippen LogP contribution in [0.15, 0.2) is 10.7 Å². The van der Waals surface area contributed by atoms with Crippen LogP contribution in [0.5, 0.6) is 6.08 Å². The fourth-order valence-corrected chi connectivity index (χ4v) is 2.82. The first-order chi connectivity index (χ1) is 9.33. The summed E-state index contributed by atoms with van der Waals surface area (Å²) in [5, 5.41) is 3.43. The second-order valence-electron chi connectivity index (χ2n) is 5.94. The van der Waals surface area contributed by atoms with Crippen molar-refractivity contribution in [3.8, 4) is 6.08 Å². The predicted octanol–water partition coefficient (Wildman–Crippen LogP) is 3.27. The molecule has 4 nitrogen and oxygen atoms in total. The standard InChI is InChI=1S/C15H24N2O2/c1-2-11-4-3-5-14(8-11)19-15-17-13(10-18-15)9-16-12-6-7-12/h10-12,14,16H,2-9H2,1H3. The van der Waals surface area contributed by atoms with E-state index in [1.807, 2.05) is 0 Å². The molecule has 2 aliphatic rings. The number of nitrogens with one attached hydrogen (secondary N) is 1. The van der Waals surface area contributed by atoms with Crippen LogP contribution < -0.4 is 10.1 Å². The zero-order valence-electron chi connectivity index (χ0n) is 11.7. The van der Waals surface area contributed by atoms with Gasteiger partial charge in [-0.3, -0.25) is 0 Å². The molecule has 2 atom stereocenters. The van der Waals surface area contributed by atoms with Gasteiger partial charge in [0.25, 0.3) is 0 Å². The zero-order chi connectivity index (χ0) is 13.1. The third kappa shape index (κ3) is 3.72. The Morgan fingerprint density at radius 3 is 3.05 bits per heavy atom. The van der Waals surface area contributed by atoms with E-state index in [9.17, 15) is 0 Å². The van der Waals surface area contributed by atoms with E-state index in [0.29, 0.717) is 18.2 Å². The van der Waals surface area contributed by atoms with Gasteiger partial charge in [-0.2, -0.15) is 4.98 Å². The minimum Gasteiger partial charge on any atom is -0.447 e. The molecule has 0 amide bonds. The number of oxazole rings is 1. The highest BCUT2D eigenvalue weighted by atomic mass is 16.6. The summed E-state index contributed by atoms with van der Waals surface area (Å²) >= 11 is 0. The first kappa shape index (κ1) is 13.0. The fourth-order valence-electron chi connectivity index (χ4n) is 2.82. The normalized spacial score (nSPS) is 27.4. The van der Waals surface area contributed by atoms with Crippen molar-refractivity contribution in [1.82, 2.24) is 10.3 Å². The van der Waals surface area contributed by atoms with Gasteiger partial charge < -0.3 is 14.5 Å². The molecule has 106 valence electrons. The largest absolute Gasteiger partial charge is 0.447 e. The quantitative estimate of drug-likeness (QED) is 0.856. The van der Waals surface area contributed by atoms with E-state index >= 15 is 0 Å². The lowest BCUT2D eigenvalue weighted by Crippen LogP contribution is -2.25. The molecule has 1 aromatic heterocycles. The lowest BCUT2D eigenvalue weighted by atomic mass is 9.86. The molecule has 2 unspecified atom stereocenters. The smallest absolute Gasteiger partial charge is 0.394 e. The van der Waals surface area contributed by atoms with Gasteiger partial charge in [-0.05, 0) is 38.0 Å². The van der Waals surface area contributed by atoms with Crippen molar-refractivity contribution in [3.05, 3.63) is 12.0 Å². The molecule has 1 N–H and O–H groups in total. The first-order valence-electron chi connectivity index (χ1n) is 7.68. The van der Waals surface area contributed by atoms with Crippen LogP contribution in [0.3, 0.4) is 0 Å². The van der Waals surface area contributed by atoms with Crippen molar-refractivity contribution >= 4 is 0 Å². The summed E-state index contributed by atoms with van der Waals surface area (Å²) in [5.41, 5.74) is 0.949. The third-order valence-corrected chi connectivity index (χ3v) is 4.26. The number of nitrogens with zero attached hydrogens (tertiary/aromatic N) is 1. The summed E-state index contributed by atoms with van der Waals surface area (Å²) in [7, 11) is 0. The van der Waals surface area contributed by atoms with Gasteiger partial charge in [0.05, 0.1) is 5.69 Å². The lowest BCUT2D eigenvalue weighted by molar-refractivity contribution is 0.0887. The molecule has 0 saturated heterocycles. The van der Waals surface area contributed by atoms with E-state index in [4.69, 9.17) is 9.15 Å². The number of ether oxygens (including phenoxy) is 1. The molecule has 2 fully saturated rings. The van der Waals surface area contributed by atoms with E-state index in [0.717, 1.165) is 31.0 Å². The fraction of sp³-hybridized carbons (Fsp3) is 0.800. The van der Waals surface area contributed by atoms with Crippen molar-refractivity contribution in [1.29, 1.82) is 0 Å². The maximum atomic E-state index is 5.88. The number of aromatic nitrogens is 1. The van der Waals surface area contributed by atoms with Crippen molar-refractivity contribution in [3.63, 3.8) is 0 Å². The van der Waals surface area contributed by atoms with Gasteiger partial charge in [0, 0.05) is 12.6 Å². The molecule has 0 spiro atoms. The van der Waals surface area contributed by atoms with Gasteiger partial charge in [-0.1, -0.05) is 19.8 Å². The molecule has 19 heavy (non-hydrogen) atoms. The molecule has 1 aromatic rings. The molecule has 0 radical (unpaired) electrons. The maximum Gasteiger partial charge on any atom is 0.394 e. The number of hydrogen-bond donors (Lipinski definition) is 1. The molecule has 2 saturated carbocycles. The van der Waals surface area contributed by atoms with E-state index in [-0.39, 0.29) is 0 Å². The van der Waals surface area contributed by atoms with Gasteiger partial charge in [-0.25, -0.2) is 0 Å². The Labute approximate surface area is 114 Å². The SMILES string of the molecule is CCC1CCCC(Oc2nc(CNC3CC3)co2)C1. The maximum absolute atomic E-state index is 5.88. The second-order valence-corrected chi connectivity index (χ2v) is 5.94. The summed E-state index contributed by atoms with van der Waals surface area (Å²) < 4.78 is 11.3.